The van der Waals surface area contributed by atoms with E-state index in [4.69, 9.17) is 4.74 Å². The minimum Gasteiger partial charge on any atom is -0.481 e. The molecule has 2 saturated heterocycles. The van der Waals surface area contributed by atoms with Gasteiger partial charge in [-0.1, -0.05) is 0 Å². The Morgan fingerprint density at radius 1 is 1.46 bits per heavy atom. The highest BCUT2D eigenvalue weighted by atomic mass is 16.5. The minimum atomic E-state index is -0.364. The van der Waals surface area contributed by atoms with Crippen LogP contribution in [-0.4, -0.2) is 66.9 Å². The predicted octanol–water partition coefficient (Wildman–Crippen LogP) is -0.602. The summed E-state index contributed by atoms with van der Waals surface area (Å²) in [7, 11) is 1.58. The number of hydrogen-bond donors (Lipinski definition) is 3. The van der Waals surface area contributed by atoms with Gasteiger partial charge in [0.1, 0.15) is 0 Å². The number of hydrogen-bond acceptors (Lipinski definition) is 7. The van der Waals surface area contributed by atoms with Crippen molar-refractivity contribution in [2.45, 2.75) is 18.9 Å². The zero-order valence-corrected chi connectivity index (χ0v) is 13.9. The maximum absolute atomic E-state index is 12.3. The summed E-state index contributed by atoms with van der Waals surface area (Å²) >= 11 is 0. The number of rotatable bonds is 5. The number of methoxy groups -OCH3 is 1. The molecule has 8 nitrogen and oxygen atoms in total. The van der Waals surface area contributed by atoms with Gasteiger partial charge in [-0.05, 0) is 12.8 Å². The van der Waals surface area contributed by atoms with Crippen molar-refractivity contribution in [3.8, 4) is 5.88 Å². The van der Waals surface area contributed by atoms with Gasteiger partial charge < -0.3 is 25.4 Å². The van der Waals surface area contributed by atoms with Crippen LogP contribution in [0.2, 0.25) is 0 Å². The van der Waals surface area contributed by atoms with Crippen LogP contribution in [0.3, 0.4) is 0 Å². The van der Waals surface area contributed by atoms with E-state index in [2.05, 4.69) is 25.5 Å². The van der Waals surface area contributed by atoms with Crippen molar-refractivity contribution in [3.05, 3.63) is 12.3 Å². The molecule has 0 aromatic carbocycles. The van der Waals surface area contributed by atoms with Crippen LogP contribution in [0.1, 0.15) is 12.8 Å². The van der Waals surface area contributed by atoms with E-state index in [-0.39, 0.29) is 23.8 Å². The van der Waals surface area contributed by atoms with Crippen molar-refractivity contribution in [1.29, 1.82) is 0 Å². The van der Waals surface area contributed by atoms with E-state index in [1.807, 2.05) is 0 Å². The third kappa shape index (κ3) is 3.93. The van der Waals surface area contributed by atoms with Crippen molar-refractivity contribution >= 4 is 11.9 Å². The summed E-state index contributed by atoms with van der Waals surface area (Å²) in [5.74, 6) is 1.40. The number of carbonyl (C=O) groups is 1. The van der Waals surface area contributed by atoms with Crippen molar-refractivity contribution in [2.75, 3.05) is 44.7 Å². The Morgan fingerprint density at radius 2 is 2.25 bits per heavy atom. The van der Waals surface area contributed by atoms with Crippen LogP contribution in [0.4, 0.5) is 5.95 Å². The third-order valence-corrected chi connectivity index (χ3v) is 4.82. The molecule has 2 aliphatic heterocycles. The van der Waals surface area contributed by atoms with Gasteiger partial charge in [-0.15, -0.1) is 0 Å². The third-order valence-electron chi connectivity index (χ3n) is 4.82. The van der Waals surface area contributed by atoms with E-state index in [0.717, 1.165) is 32.5 Å². The smallest absolute Gasteiger partial charge is 0.228 e. The quantitative estimate of drug-likeness (QED) is 0.660. The average molecular weight is 335 g/mol. The Kier molecular flexibility index (Phi) is 5.47. The Hall–Kier alpha value is -1.93. The molecule has 0 aliphatic carbocycles. The molecular formula is C16H25N5O3. The molecule has 3 N–H and O–H groups in total. The molecule has 1 aromatic rings. The monoisotopic (exact) mass is 335 g/mol. The normalized spacial score (nSPS) is 24.8. The van der Waals surface area contributed by atoms with Gasteiger partial charge in [0.2, 0.25) is 17.7 Å². The summed E-state index contributed by atoms with van der Waals surface area (Å²) in [6.07, 6.45) is 2.87. The van der Waals surface area contributed by atoms with Crippen LogP contribution in [-0.2, 0) is 4.79 Å². The first-order valence-corrected chi connectivity index (χ1v) is 8.46. The molecule has 3 rings (SSSR count). The van der Waals surface area contributed by atoms with E-state index in [0.29, 0.717) is 24.9 Å². The lowest BCUT2D eigenvalue weighted by Crippen LogP contribution is -2.43. The first-order chi connectivity index (χ1) is 11.7. The molecule has 0 saturated carbocycles. The molecule has 0 radical (unpaired) electrons. The number of ether oxygens (including phenoxy) is 1. The number of nitrogens with zero attached hydrogens (tertiary/aromatic N) is 3. The lowest BCUT2D eigenvalue weighted by Gasteiger charge is -2.31. The summed E-state index contributed by atoms with van der Waals surface area (Å²) < 4.78 is 5.13. The van der Waals surface area contributed by atoms with Gasteiger partial charge in [0.05, 0.1) is 13.2 Å². The van der Waals surface area contributed by atoms with E-state index < -0.39 is 0 Å². The van der Waals surface area contributed by atoms with Crippen LogP contribution in [0, 0.1) is 11.8 Å². The summed E-state index contributed by atoms with van der Waals surface area (Å²) in [5, 5.41) is 15.9. The Labute approximate surface area is 141 Å². The molecule has 3 heterocycles. The Bertz CT molecular complexity index is 562. The second-order valence-corrected chi connectivity index (χ2v) is 6.39. The lowest BCUT2D eigenvalue weighted by atomic mass is 9.95. The molecule has 8 heteroatoms. The number of aliphatic hydroxyl groups is 1. The SMILES string of the molecule is COc1ccnc(N2CCC(C(=O)NCC3CNCC3O)CC2)n1. The molecule has 24 heavy (non-hydrogen) atoms. The number of β-amino-alcohol motifs (C(OH)–C–C–N with tert-alkyl or cyclic N) is 1. The first kappa shape index (κ1) is 16.9. The van der Waals surface area contributed by atoms with Crippen LogP contribution < -0.4 is 20.3 Å². The molecule has 0 spiro atoms. The Morgan fingerprint density at radius 3 is 2.92 bits per heavy atom. The number of anilines is 1. The molecule has 2 unspecified atom stereocenters. The van der Waals surface area contributed by atoms with Gasteiger partial charge in [0.15, 0.2) is 0 Å². The molecule has 1 amide bonds. The van der Waals surface area contributed by atoms with Gasteiger partial charge >= 0.3 is 0 Å². The zero-order chi connectivity index (χ0) is 16.9. The van der Waals surface area contributed by atoms with Crippen LogP contribution in [0.25, 0.3) is 0 Å². The highest BCUT2D eigenvalue weighted by molar-refractivity contribution is 5.78. The van der Waals surface area contributed by atoms with Gasteiger partial charge in [0, 0.05) is 56.8 Å². The Balaban J connectivity index is 1.46. The zero-order valence-electron chi connectivity index (χ0n) is 13.9. The average Bonchev–Trinajstić information content (AvgIpc) is 3.05. The molecule has 1 aromatic heterocycles. The number of amides is 1. The standard InChI is InChI=1S/C16H25N5O3/c1-24-14-2-5-18-16(20-14)21-6-3-11(4-7-21)15(23)19-9-12-8-17-10-13(12)22/h2,5,11-13,17,22H,3-4,6-10H2,1H3,(H,19,23). The second kappa shape index (κ2) is 7.76. The molecule has 2 atom stereocenters. The van der Waals surface area contributed by atoms with Crippen molar-refractivity contribution < 1.29 is 14.6 Å². The van der Waals surface area contributed by atoms with Crippen molar-refractivity contribution in [2.24, 2.45) is 11.8 Å². The van der Waals surface area contributed by atoms with Crippen molar-refractivity contribution in [3.63, 3.8) is 0 Å². The number of aromatic nitrogens is 2. The van der Waals surface area contributed by atoms with Crippen LogP contribution in [0.15, 0.2) is 12.3 Å². The van der Waals surface area contributed by atoms with Gasteiger partial charge in [-0.2, -0.15) is 4.98 Å². The summed E-state index contributed by atoms with van der Waals surface area (Å²) in [5.41, 5.74) is 0. The number of piperidine rings is 1. The van der Waals surface area contributed by atoms with E-state index >= 15 is 0 Å². The number of nitrogens with one attached hydrogen (secondary N) is 2. The summed E-state index contributed by atoms with van der Waals surface area (Å²) in [4.78, 5) is 23.0. The fraction of sp³-hybridized carbons (Fsp3) is 0.688. The minimum absolute atomic E-state index is 0.0124. The van der Waals surface area contributed by atoms with E-state index in [1.54, 1.807) is 19.4 Å². The van der Waals surface area contributed by atoms with Crippen molar-refractivity contribution in [1.82, 2.24) is 20.6 Å². The van der Waals surface area contributed by atoms with Gasteiger partial charge in [-0.25, -0.2) is 4.98 Å². The lowest BCUT2D eigenvalue weighted by molar-refractivity contribution is -0.125. The second-order valence-electron chi connectivity index (χ2n) is 6.39. The van der Waals surface area contributed by atoms with E-state index in [1.165, 1.54) is 0 Å². The highest BCUT2D eigenvalue weighted by Crippen LogP contribution is 2.22. The highest BCUT2D eigenvalue weighted by Gasteiger charge is 2.29. The largest absolute Gasteiger partial charge is 0.481 e. The molecular weight excluding hydrogens is 310 g/mol. The number of aliphatic hydroxyl groups excluding tert-OH is 1. The first-order valence-electron chi connectivity index (χ1n) is 8.46. The molecule has 0 bridgehead atoms. The fourth-order valence-electron chi connectivity index (χ4n) is 3.24. The molecule has 2 fully saturated rings. The molecule has 132 valence electrons. The summed E-state index contributed by atoms with van der Waals surface area (Å²) in [6, 6.07) is 1.72. The number of carbonyl (C=O) groups excluding carboxylic acids is 1. The van der Waals surface area contributed by atoms with Gasteiger partial charge in [0.25, 0.3) is 0 Å². The predicted molar refractivity (Wildman–Crippen MR) is 88.9 cm³/mol. The van der Waals surface area contributed by atoms with Gasteiger partial charge in [-0.3, -0.25) is 4.79 Å². The topological polar surface area (TPSA) is 99.6 Å². The fourth-order valence-corrected chi connectivity index (χ4v) is 3.24. The molecule has 2 aliphatic rings. The van der Waals surface area contributed by atoms with E-state index in [9.17, 15) is 9.90 Å². The summed E-state index contributed by atoms with van der Waals surface area (Å²) in [6.45, 7) is 3.40. The maximum atomic E-state index is 12.3. The van der Waals surface area contributed by atoms with Crippen LogP contribution >= 0.6 is 0 Å². The van der Waals surface area contributed by atoms with Crippen LogP contribution in [0.5, 0.6) is 5.88 Å². The maximum Gasteiger partial charge on any atom is 0.228 e.